The summed E-state index contributed by atoms with van der Waals surface area (Å²) in [4.78, 5) is 14.1. The number of ether oxygens (including phenoxy) is 1. The zero-order valence-electron chi connectivity index (χ0n) is 16.2. The van der Waals surface area contributed by atoms with E-state index >= 15 is 0 Å². The zero-order valence-corrected chi connectivity index (χ0v) is 16.2. The Hall–Kier alpha value is -1.78. The van der Waals surface area contributed by atoms with Crippen molar-refractivity contribution < 1.29 is 30.0 Å². The summed E-state index contributed by atoms with van der Waals surface area (Å²) in [5.74, 6) is -0.287. The van der Waals surface area contributed by atoms with Gasteiger partial charge >= 0.3 is 0 Å². The molecule has 1 aliphatic rings. The van der Waals surface area contributed by atoms with E-state index in [1.165, 1.54) is 11.0 Å². The van der Waals surface area contributed by atoms with Crippen LogP contribution in [-0.2, 0) is 16.6 Å². The molecule has 0 bridgehead atoms. The van der Waals surface area contributed by atoms with Gasteiger partial charge in [-0.05, 0) is 25.0 Å². The van der Waals surface area contributed by atoms with Gasteiger partial charge in [0, 0.05) is 39.0 Å². The number of β-amino-alcohol motifs (C(OH)–C–C–N with tert-alkyl or cyclic N) is 1. The molecule has 1 saturated heterocycles. The van der Waals surface area contributed by atoms with Crippen LogP contribution in [0.3, 0.4) is 0 Å². The van der Waals surface area contributed by atoms with E-state index in [9.17, 15) is 25.2 Å². The molecule has 0 unspecified atom stereocenters. The molecule has 2 rings (SSSR count). The summed E-state index contributed by atoms with van der Waals surface area (Å²) in [5, 5.41) is 44.0. The molecule has 9 heteroatoms. The van der Waals surface area contributed by atoms with Crippen molar-refractivity contribution in [3.63, 3.8) is 0 Å². The molecule has 0 radical (unpaired) electrons. The summed E-state index contributed by atoms with van der Waals surface area (Å²) in [6.07, 6.45) is 2.78. The molecular weight excluding hydrogens is 366 g/mol. The fourth-order valence-electron chi connectivity index (χ4n) is 3.17. The highest BCUT2D eigenvalue weighted by atomic mass is 16.5. The summed E-state index contributed by atoms with van der Waals surface area (Å²) in [5.41, 5.74) is 0.766. The minimum atomic E-state index is -1.43. The molecule has 1 fully saturated rings. The van der Waals surface area contributed by atoms with Crippen molar-refractivity contribution >= 4 is 12.0 Å². The smallest absolute Gasteiger partial charge is 0.246 e. The van der Waals surface area contributed by atoms with Crippen LogP contribution in [0.4, 0.5) is 0 Å². The van der Waals surface area contributed by atoms with Crippen LogP contribution < -0.4 is 0 Å². The average molecular weight is 397 g/mol. The number of nitrogens with zero attached hydrogens (tertiary/aromatic N) is 3. The number of aromatic nitrogens is 2. The maximum atomic E-state index is 12.6. The average Bonchev–Trinajstić information content (AvgIpc) is 3.09. The highest BCUT2D eigenvalue weighted by Gasteiger charge is 2.34. The second-order valence-corrected chi connectivity index (χ2v) is 7.05. The monoisotopic (exact) mass is 397 g/mol. The van der Waals surface area contributed by atoms with Crippen molar-refractivity contribution in [3.05, 3.63) is 24.0 Å². The van der Waals surface area contributed by atoms with E-state index in [1.807, 2.05) is 0 Å². The summed E-state index contributed by atoms with van der Waals surface area (Å²) in [6, 6.07) is 1.77. The number of hydrogen-bond acceptors (Lipinski definition) is 7. The minimum Gasteiger partial charge on any atom is -0.394 e. The second kappa shape index (κ2) is 11.3. The van der Waals surface area contributed by atoms with Crippen LogP contribution in [0.1, 0.15) is 31.4 Å². The van der Waals surface area contributed by atoms with E-state index in [1.54, 1.807) is 30.1 Å². The van der Waals surface area contributed by atoms with Crippen LogP contribution in [-0.4, -0.2) is 91.7 Å². The van der Waals surface area contributed by atoms with E-state index in [0.29, 0.717) is 13.2 Å². The normalized spacial score (nSPS) is 26.6. The topological polar surface area (TPSA) is 128 Å². The van der Waals surface area contributed by atoms with Crippen LogP contribution in [0.5, 0.6) is 0 Å². The first-order valence-electron chi connectivity index (χ1n) is 9.65. The highest BCUT2D eigenvalue weighted by molar-refractivity contribution is 5.91. The number of aliphatic hydroxyl groups excluding tert-OH is 4. The van der Waals surface area contributed by atoms with Gasteiger partial charge in [0.05, 0.1) is 12.3 Å². The molecule has 28 heavy (non-hydrogen) atoms. The van der Waals surface area contributed by atoms with Gasteiger partial charge in [0.2, 0.25) is 5.91 Å². The molecule has 1 aromatic rings. The fourth-order valence-corrected chi connectivity index (χ4v) is 3.17. The van der Waals surface area contributed by atoms with E-state index in [0.717, 1.165) is 31.4 Å². The predicted octanol–water partition coefficient (Wildman–Crippen LogP) is -0.704. The Kier molecular flexibility index (Phi) is 9.07. The zero-order chi connectivity index (χ0) is 20.5. The lowest BCUT2D eigenvalue weighted by atomic mass is 10.0. The van der Waals surface area contributed by atoms with Crippen molar-refractivity contribution in [1.29, 1.82) is 0 Å². The Labute approximate surface area is 164 Å². The molecule has 0 aliphatic carbocycles. The Morgan fingerprint density at radius 2 is 2.11 bits per heavy atom. The van der Waals surface area contributed by atoms with Gasteiger partial charge in [0.25, 0.3) is 0 Å². The van der Waals surface area contributed by atoms with Crippen LogP contribution in [0, 0.1) is 0 Å². The first kappa shape index (κ1) is 22.5. The molecule has 1 aromatic heterocycles. The van der Waals surface area contributed by atoms with Gasteiger partial charge in [-0.15, -0.1) is 0 Å². The van der Waals surface area contributed by atoms with Crippen molar-refractivity contribution in [2.45, 2.75) is 50.1 Å². The van der Waals surface area contributed by atoms with Crippen LogP contribution in [0.15, 0.2) is 18.3 Å². The van der Waals surface area contributed by atoms with Crippen LogP contribution >= 0.6 is 0 Å². The van der Waals surface area contributed by atoms with Gasteiger partial charge in [0.15, 0.2) is 0 Å². The molecule has 158 valence electrons. The van der Waals surface area contributed by atoms with Crippen molar-refractivity contribution in [3.8, 4) is 0 Å². The highest BCUT2D eigenvalue weighted by Crippen LogP contribution is 2.15. The largest absolute Gasteiger partial charge is 0.394 e. The summed E-state index contributed by atoms with van der Waals surface area (Å²) < 4.78 is 7.14. The fraction of sp³-hybridized carbons (Fsp3) is 0.684. The quantitative estimate of drug-likeness (QED) is 0.495. The number of aryl methyl sites for hydroxylation is 1. The number of amides is 1. The number of rotatable bonds is 4. The number of hydrogen-bond donors (Lipinski definition) is 4. The molecular formula is C19H31N3O6. The van der Waals surface area contributed by atoms with E-state index < -0.39 is 31.0 Å². The lowest BCUT2D eigenvalue weighted by Gasteiger charge is -2.33. The number of aliphatic hydroxyl groups is 4. The number of carbonyl (C=O) groups excluding carboxylic acids is 1. The third kappa shape index (κ3) is 6.39. The maximum Gasteiger partial charge on any atom is 0.246 e. The van der Waals surface area contributed by atoms with Gasteiger partial charge in [-0.1, -0.05) is 12.8 Å². The molecule has 4 atom stereocenters. The van der Waals surface area contributed by atoms with Gasteiger partial charge in [-0.2, -0.15) is 5.10 Å². The standard InChI is InChI=1S/C19H31N3O6/c1-21-14(8-9-20-21)6-7-17(26)22-10-4-2-3-5-11-28-19(16(25)13-23)18(27)15(24)12-22/h6-9,15-16,18-19,23-25,27H,2-5,10-13H2,1H3/b7-6+/t15-,16-,18-,19-/m1/s1. The maximum absolute atomic E-state index is 12.6. The molecule has 1 amide bonds. The lowest BCUT2D eigenvalue weighted by molar-refractivity contribution is -0.150. The van der Waals surface area contributed by atoms with E-state index in [-0.39, 0.29) is 12.5 Å². The van der Waals surface area contributed by atoms with Crippen LogP contribution in [0.25, 0.3) is 6.08 Å². The molecule has 1 aliphatic heterocycles. The molecule has 0 aromatic carbocycles. The molecule has 9 nitrogen and oxygen atoms in total. The van der Waals surface area contributed by atoms with E-state index in [4.69, 9.17) is 4.74 Å². The molecule has 2 heterocycles. The Morgan fingerprint density at radius 3 is 2.79 bits per heavy atom. The van der Waals surface area contributed by atoms with E-state index in [2.05, 4.69) is 5.10 Å². The molecule has 4 N–H and O–H groups in total. The Morgan fingerprint density at radius 1 is 1.36 bits per heavy atom. The van der Waals surface area contributed by atoms with Gasteiger partial charge in [-0.3, -0.25) is 9.48 Å². The third-order valence-corrected chi connectivity index (χ3v) is 4.90. The summed E-state index contributed by atoms with van der Waals surface area (Å²) >= 11 is 0. The Bertz CT molecular complexity index is 635. The lowest BCUT2D eigenvalue weighted by Crippen LogP contribution is -2.52. The summed E-state index contributed by atoms with van der Waals surface area (Å²) in [7, 11) is 1.77. The van der Waals surface area contributed by atoms with Gasteiger partial charge in [0.1, 0.15) is 24.4 Å². The third-order valence-electron chi connectivity index (χ3n) is 4.90. The minimum absolute atomic E-state index is 0.103. The van der Waals surface area contributed by atoms with Crippen molar-refractivity contribution in [1.82, 2.24) is 14.7 Å². The second-order valence-electron chi connectivity index (χ2n) is 7.05. The SMILES string of the molecule is Cn1nccc1/C=C/C(=O)N1CCCCCCO[C@H]([C@H](O)CO)[C@H](O)[C@H](O)C1. The van der Waals surface area contributed by atoms with Crippen molar-refractivity contribution in [2.24, 2.45) is 7.05 Å². The molecule has 0 spiro atoms. The number of carbonyl (C=O) groups is 1. The van der Waals surface area contributed by atoms with Crippen molar-refractivity contribution in [2.75, 3.05) is 26.3 Å². The van der Waals surface area contributed by atoms with Gasteiger partial charge < -0.3 is 30.1 Å². The van der Waals surface area contributed by atoms with Crippen LogP contribution in [0.2, 0.25) is 0 Å². The summed E-state index contributed by atoms with van der Waals surface area (Å²) in [6.45, 7) is 0.0757. The molecule has 0 saturated carbocycles. The first-order valence-corrected chi connectivity index (χ1v) is 9.65. The predicted molar refractivity (Wildman–Crippen MR) is 102 cm³/mol. The Balaban J connectivity index is 2.10. The van der Waals surface area contributed by atoms with Gasteiger partial charge in [-0.25, -0.2) is 0 Å². The first-order chi connectivity index (χ1) is 13.4.